The number of fused-ring (bicyclic) bond motifs is 1. The summed E-state index contributed by atoms with van der Waals surface area (Å²) < 4.78 is 29.3. The van der Waals surface area contributed by atoms with Crippen molar-refractivity contribution in [3.05, 3.63) is 143 Å². The van der Waals surface area contributed by atoms with Gasteiger partial charge in [-0.15, -0.1) is 0 Å². The lowest BCUT2D eigenvalue weighted by molar-refractivity contribution is -0.121. The van der Waals surface area contributed by atoms with Gasteiger partial charge in [-0.1, -0.05) is 72.8 Å². The van der Waals surface area contributed by atoms with Crippen LogP contribution in [-0.2, 0) is 17.9 Å². The number of benzene rings is 4. The number of halogens is 2. The first kappa shape index (κ1) is 23.5. The summed E-state index contributed by atoms with van der Waals surface area (Å²) >= 11 is 0. The van der Waals surface area contributed by atoms with E-state index in [0.717, 1.165) is 33.2 Å². The van der Waals surface area contributed by atoms with Crippen LogP contribution in [0.25, 0.3) is 10.9 Å². The van der Waals surface area contributed by atoms with Crippen molar-refractivity contribution in [3.63, 3.8) is 0 Å². The second-order valence-electron chi connectivity index (χ2n) is 8.93. The van der Waals surface area contributed by atoms with Crippen LogP contribution in [0.2, 0.25) is 0 Å². The molecule has 0 saturated carbocycles. The van der Waals surface area contributed by atoms with Crippen LogP contribution in [0.4, 0.5) is 8.78 Å². The van der Waals surface area contributed by atoms with E-state index in [-0.39, 0.29) is 29.9 Å². The number of hydrogen-bond donors (Lipinski definition) is 1. The van der Waals surface area contributed by atoms with Crippen LogP contribution in [0.15, 0.2) is 109 Å². The van der Waals surface area contributed by atoms with Crippen LogP contribution in [0.3, 0.4) is 0 Å². The molecule has 0 spiro atoms. The standard InChI is InChI=1S/C31H26F2N2O/c32-25-14-10-23(11-15-25)20-35-21-29(27-8-4-5-9-30(27)35)28(24-12-16-26(33)17-13-24)18-31(36)34-19-22-6-2-1-3-7-22/h1-17,21,28H,18-20H2,(H,34,36). The minimum Gasteiger partial charge on any atom is -0.352 e. The first-order chi connectivity index (χ1) is 17.6. The summed E-state index contributed by atoms with van der Waals surface area (Å²) in [4.78, 5) is 13.1. The first-order valence-electron chi connectivity index (χ1n) is 11.9. The van der Waals surface area contributed by atoms with Gasteiger partial charge in [-0.2, -0.15) is 0 Å². The molecule has 0 bridgehead atoms. The second kappa shape index (κ2) is 10.6. The van der Waals surface area contributed by atoms with Gasteiger partial charge in [0.25, 0.3) is 0 Å². The van der Waals surface area contributed by atoms with Gasteiger partial charge >= 0.3 is 0 Å². The molecular weight excluding hydrogens is 454 g/mol. The zero-order valence-electron chi connectivity index (χ0n) is 19.7. The zero-order chi connectivity index (χ0) is 24.9. The Hall–Kier alpha value is -4.25. The van der Waals surface area contributed by atoms with Crippen molar-refractivity contribution in [3.8, 4) is 0 Å². The third-order valence-electron chi connectivity index (χ3n) is 6.46. The van der Waals surface area contributed by atoms with Gasteiger partial charge in [-0.3, -0.25) is 4.79 Å². The van der Waals surface area contributed by atoms with E-state index >= 15 is 0 Å². The Morgan fingerprint density at radius 1 is 0.750 bits per heavy atom. The third-order valence-corrected chi connectivity index (χ3v) is 6.46. The van der Waals surface area contributed by atoms with Gasteiger partial charge in [0, 0.05) is 42.5 Å². The van der Waals surface area contributed by atoms with Gasteiger partial charge < -0.3 is 9.88 Å². The van der Waals surface area contributed by atoms with Crippen molar-refractivity contribution in [2.45, 2.75) is 25.4 Å². The predicted molar refractivity (Wildman–Crippen MR) is 139 cm³/mol. The normalized spacial score (nSPS) is 11.9. The fourth-order valence-corrected chi connectivity index (χ4v) is 4.63. The van der Waals surface area contributed by atoms with Crippen LogP contribution in [0.5, 0.6) is 0 Å². The predicted octanol–water partition coefficient (Wildman–Crippen LogP) is 6.81. The monoisotopic (exact) mass is 480 g/mol. The molecule has 5 aromatic rings. The summed E-state index contributed by atoms with van der Waals surface area (Å²) in [6.45, 7) is 1.01. The topological polar surface area (TPSA) is 34.0 Å². The van der Waals surface area contributed by atoms with Gasteiger partial charge in [0.2, 0.25) is 5.91 Å². The van der Waals surface area contributed by atoms with Gasteiger partial charge in [0.15, 0.2) is 0 Å². The Kier molecular flexibility index (Phi) is 6.89. The summed E-state index contributed by atoms with van der Waals surface area (Å²) in [6, 6.07) is 30.6. The molecule has 4 aromatic carbocycles. The molecule has 1 unspecified atom stereocenters. The first-order valence-corrected chi connectivity index (χ1v) is 11.9. The lowest BCUT2D eigenvalue weighted by atomic mass is 9.88. The van der Waals surface area contributed by atoms with Crippen molar-refractivity contribution in [2.75, 3.05) is 0 Å². The van der Waals surface area contributed by atoms with Crippen LogP contribution in [-0.4, -0.2) is 10.5 Å². The second-order valence-corrected chi connectivity index (χ2v) is 8.93. The number of rotatable bonds is 8. The number of carbonyl (C=O) groups is 1. The SMILES string of the molecule is O=C(CC(c1ccc(F)cc1)c1cn(Cc2ccc(F)cc2)c2ccccc12)NCc1ccccc1. The van der Waals surface area contributed by atoms with Crippen LogP contribution < -0.4 is 5.32 Å². The average molecular weight is 481 g/mol. The van der Waals surface area contributed by atoms with E-state index in [4.69, 9.17) is 0 Å². The molecule has 36 heavy (non-hydrogen) atoms. The number of aromatic nitrogens is 1. The molecule has 0 radical (unpaired) electrons. The molecule has 1 amide bonds. The summed E-state index contributed by atoms with van der Waals surface area (Å²) in [5.41, 5.74) is 4.89. The Morgan fingerprint density at radius 2 is 1.39 bits per heavy atom. The molecule has 0 aliphatic heterocycles. The molecule has 0 saturated heterocycles. The van der Waals surface area contributed by atoms with Crippen molar-refractivity contribution >= 4 is 16.8 Å². The zero-order valence-corrected chi connectivity index (χ0v) is 19.7. The lowest BCUT2D eigenvalue weighted by Gasteiger charge is -2.17. The highest BCUT2D eigenvalue weighted by Gasteiger charge is 2.23. The molecule has 5 heteroatoms. The van der Waals surface area contributed by atoms with E-state index in [0.29, 0.717) is 13.1 Å². The summed E-state index contributed by atoms with van der Waals surface area (Å²) in [7, 11) is 0. The number of carbonyl (C=O) groups excluding carboxylic acids is 1. The maximum absolute atomic E-state index is 13.7. The highest BCUT2D eigenvalue weighted by Crippen LogP contribution is 2.35. The lowest BCUT2D eigenvalue weighted by Crippen LogP contribution is -2.25. The number of para-hydroxylation sites is 1. The van der Waals surface area contributed by atoms with Crippen molar-refractivity contribution in [2.24, 2.45) is 0 Å². The molecule has 0 fully saturated rings. The molecular formula is C31H26F2N2O. The summed E-state index contributed by atoms with van der Waals surface area (Å²) in [6.07, 6.45) is 2.29. The highest BCUT2D eigenvalue weighted by molar-refractivity contribution is 5.86. The van der Waals surface area contributed by atoms with E-state index in [1.54, 1.807) is 24.3 Å². The maximum Gasteiger partial charge on any atom is 0.221 e. The van der Waals surface area contributed by atoms with E-state index in [2.05, 4.69) is 16.1 Å². The van der Waals surface area contributed by atoms with Crippen molar-refractivity contribution in [1.29, 1.82) is 0 Å². The third kappa shape index (κ3) is 5.36. The van der Waals surface area contributed by atoms with Gasteiger partial charge in [0.05, 0.1) is 0 Å². The minimum atomic E-state index is -0.315. The fourth-order valence-electron chi connectivity index (χ4n) is 4.63. The summed E-state index contributed by atoms with van der Waals surface area (Å²) in [5.74, 6) is -0.927. The Bertz CT molecular complexity index is 1460. The Morgan fingerprint density at radius 3 is 2.11 bits per heavy atom. The molecule has 1 heterocycles. The molecule has 0 aliphatic carbocycles. The highest BCUT2D eigenvalue weighted by atomic mass is 19.1. The van der Waals surface area contributed by atoms with Crippen molar-refractivity contribution in [1.82, 2.24) is 9.88 Å². The molecule has 1 atom stereocenters. The Labute approximate surface area is 209 Å². The molecule has 1 aromatic heterocycles. The number of hydrogen-bond acceptors (Lipinski definition) is 1. The number of nitrogens with zero attached hydrogens (tertiary/aromatic N) is 1. The number of amides is 1. The van der Waals surface area contributed by atoms with E-state index in [9.17, 15) is 13.6 Å². The quantitative estimate of drug-likeness (QED) is 0.260. The molecule has 5 rings (SSSR count). The number of nitrogens with one attached hydrogen (secondary N) is 1. The van der Waals surface area contributed by atoms with Crippen LogP contribution in [0, 0.1) is 11.6 Å². The van der Waals surface area contributed by atoms with Gasteiger partial charge in [-0.25, -0.2) is 8.78 Å². The van der Waals surface area contributed by atoms with E-state index in [1.165, 1.54) is 24.3 Å². The van der Waals surface area contributed by atoms with E-state index in [1.807, 2.05) is 54.6 Å². The van der Waals surface area contributed by atoms with Gasteiger partial charge in [-0.05, 0) is 52.6 Å². The van der Waals surface area contributed by atoms with Crippen molar-refractivity contribution < 1.29 is 13.6 Å². The van der Waals surface area contributed by atoms with Gasteiger partial charge in [0.1, 0.15) is 11.6 Å². The molecule has 0 aliphatic rings. The average Bonchev–Trinajstić information content (AvgIpc) is 3.27. The molecule has 1 N–H and O–H groups in total. The molecule has 180 valence electrons. The summed E-state index contributed by atoms with van der Waals surface area (Å²) in [5, 5.41) is 4.06. The maximum atomic E-state index is 13.7. The van der Waals surface area contributed by atoms with E-state index < -0.39 is 0 Å². The van der Waals surface area contributed by atoms with Crippen LogP contribution >= 0.6 is 0 Å². The largest absolute Gasteiger partial charge is 0.352 e. The fraction of sp³-hybridized carbons (Fsp3) is 0.129. The van der Waals surface area contributed by atoms with Crippen LogP contribution in [0.1, 0.15) is 34.6 Å². The smallest absolute Gasteiger partial charge is 0.221 e. The molecule has 3 nitrogen and oxygen atoms in total. The minimum absolute atomic E-state index is 0.0801. The Balaban J connectivity index is 1.49.